The Morgan fingerprint density at radius 2 is 1.75 bits per heavy atom. The fraction of sp³-hybridized carbons (Fsp3) is 0.235. The number of nitrogens with zero attached hydrogens (tertiary/aromatic N) is 1. The molecule has 128 valence electrons. The molecule has 0 saturated heterocycles. The molecule has 6 nitrogen and oxygen atoms in total. The minimum absolute atomic E-state index is 0.172. The molecule has 0 aromatic heterocycles. The zero-order valence-corrected chi connectivity index (χ0v) is 14.5. The van der Waals surface area contributed by atoms with Crippen LogP contribution in [0.15, 0.2) is 59.6 Å². The van der Waals surface area contributed by atoms with E-state index >= 15 is 0 Å². The second-order valence-corrected chi connectivity index (χ2v) is 6.86. The number of sulfonamides is 1. The van der Waals surface area contributed by atoms with Crippen LogP contribution in [0, 0.1) is 0 Å². The molecule has 2 aromatic carbocycles. The third-order valence-corrected chi connectivity index (χ3v) is 3.54. The van der Waals surface area contributed by atoms with E-state index < -0.39 is 10.0 Å². The van der Waals surface area contributed by atoms with Crippen LogP contribution < -0.4 is 14.8 Å². The highest BCUT2D eigenvalue weighted by Gasteiger charge is 2.07. The van der Waals surface area contributed by atoms with Gasteiger partial charge in [-0.15, -0.1) is 0 Å². The van der Waals surface area contributed by atoms with Gasteiger partial charge in [-0.05, 0) is 36.8 Å². The molecule has 0 atom stereocenters. The van der Waals surface area contributed by atoms with Crippen molar-refractivity contribution in [3.8, 4) is 5.75 Å². The van der Waals surface area contributed by atoms with Crippen LogP contribution in [0.25, 0.3) is 0 Å². The van der Waals surface area contributed by atoms with E-state index in [1.165, 1.54) is 0 Å². The highest BCUT2D eigenvalue weighted by atomic mass is 32.2. The van der Waals surface area contributed by atoms with Crippen LogP contribution in [-0.4, -0.2) is 27.2 Å². The maximum absolute atomic E-state index is 11.5. The molecule has 2 N–H and O–H groups in total. The number of anilines is 1. The van der Waals surface area contributed by atoms with Gasteiger partial charge in [0.05, 0.1) is 19.4 Å². The topological polar surface area (TPSA) is 79.8 Å². The highest BCUT2D eigenvalue weighted by Crippen LogP contribution is 2.15. The third kappa shape index (κ3) is 6.29. The maximum atomic E-state index is 11.5. The summed E-state index contributed by atoms with van der Waals surface area (Å²) in [4.78, 5) is 4.32. The number of benzene rings is 2. The molecular weight excluding hydrogens is 326 g/mol. The molecular formula is C17H21N3O3S. The van der Waals surface area contributed by atoms with Crippen LogP contribution in [0.5, 0.6) is 5.75 Å². The summed E-state index contributed by atoms with van der Waals surface area (Å²) in [5.41, 5.74) is 1.69. The van der Waals surface area contributed by atoms with E-state index in [1.54, 1.807) is 24.3 Å². The molecule has 0 unspecified atom stereocenters. The van der Waals surface area contributed by atoms with Gasteiger partial charge in [0.25, 0.3) is 0 Å². The molecule has 2 rings (SSSR count). The van der Waals surface area contributed by atoms with Gasteiger partial charge in [-0.3, -0.25) is 4.72 Å². The fourth-order valence-corrected chi connectivity index (χ4v) is 2.43. The lowest BCUT2D eigenvalue weighted by atomic mass is 10.2. The molecule has 0 radical (unpaired) electrons. The summed E-state index contributed by atoms with van der Waals surface area (Å²) in [6.07, 6.45) is 1.09. The van der Waals surface area contributed by atoms with Crippen LogP contribution in [-0.2, 0) is 16.6 Å². The molecule has 2 aromatic rings. The molecule has 0 bridgehead atoms. The Bertz CT molecular complexity index is 772. The quantitative estimate of drug-likeness (QED) is 0.622. The Morgan fingerprint density at radius 1 is 1.08 bits per heavy atom. The molecule has 0 aliphatic heterocycles. The Morgan fingerprint density at radius 3 is 2.33 bits per heavy atom. The van der Waals surface area contributed by atoms with Crippen molar-refractivity contribution >= 4 is 21.7 Å². The van der Waals surface area contributed by atoms with Crippen molar-refractivity contribution in [2.45, 2.75) is 13.5 Å². The lowest BCUT2D eigenvalue weighted by Crippen LogP contribution is -2.35. The maximum Gasteiger partial charge on any atom is 0.232 e. The zero-order chi connectivity index (χ0) is 17.4. The van der Waals surface area contributed by atoms with E-state index in [4.69, 9.17) is 4.74 Å². The second-order valence-electron chi connectivity index (χ2n) is 5.11. The Balaban J connectivity index is 2.13. The molecule has 0 aliphatic rings. The van der Waals surface area contributed by atoms with Crippen molar-refractivity contribution in [1.82, 2.24) is 4.72 Å². The predicted molar refractivity (Wildman–Crippen MR) is 96.8 cm³/mol. The number of aliphatic imine (C=N–C) groups is 1. The Hall–Kier alpha value is -2.54. The molecule has 0 amide bonds. The Kier molecular flexibility index (Phi) is 6.20. The van der Waals surface area contributed by atoms with Crippen molar-refractivity contribution in [3.05, 3.63) is 60.2 Å². The smallest absolute Gasteiger partial charge is 0.232 e. The lowest BCUT2D eigenvalue weighted by molar-refractivity contribution is 0.340. The molecule has 0 aliphatic carbocycles. The van der Waals surface area contributed by atoms with E-state index in [1.807, 2.05) is 37.3 Å². The number of guanidine groups is 1. The van der Waals surface area contributed by atoms with Crippen molar-refractivity contribution in [2.24, 2.45) is 4.99 Å². The first kappa shape index (κ1) is 17.8. The Labute approximate surface area is 142 Å². The zero-order valence-electron chi connectivity index (χ0n) is 13.7. The summed E-state index contributed by atoms with van der Waals surface area (Å²) in [5.74, 6) is 0.924. The van der Waals surface area contributed by atoms with Gasteiger partial charge >= 0.3 is 0 Å². The summed E-state index contributed by atoms with van der Waals surface area (Å²) in [7, 11) is -3.43. The monoisotopic (exact) mass is 347 g/mol. The van der Waals surface area contributed by atoms with E-state index in [-0.39, 0.29) is 5.96 Å². The molecule has 0 fully saturated rings. The first-order chi connectivity index (χ1) is 11.5. The minimum Gasteiger partial charge on any atom is -0.494 e. The predicted octanol–water partition coefficient (Wildman–Crippen LogP) is 2.60. The van der Waals surface area contributed by atoms with Crippen molar-refractivity contribution in [3.63, 3.8) is 0 Å². The average molecular weight is 347 g/mol. The average Bonchev–Trinajstić information content (AvgIpc) is 2.54. The molecule has 24 heavy (non-hydrogen) atoms. The summed E-state index contributed by atoms with van der Waals surface area (Å²) >= 11 is 0. The van der Waals surface area contributed by atoms with E-state index in [9.17, 15) is 8.42 Å². The summed E-state index contributed by atoms with van der Waals surface area (Å²) < 4.78 is 30.8. The van der Waals surface area contributed by atoms with Crippen molar-refractivity contribution in [1.29, 1.82) is 0 Å². The van der Waals surface area contributed by atoms with E-state index in [2.05, 4.69) is 15.0 Å². The van der Waals surface area contributed by atoms with Crippen LogP contribution in [0.2, 0.25) is 0 Å². The fourth-order valence-electron chi connectivity index (χ4n) is 1.96. The van der Waals surface area contributed by atoms with Crippen LogP contribution in [0.1, 0.15) is 12.5 Å². The normalized spacial score (nSPS) is 11.8. The highest BCUT2D eigenvalue weighted by molar-refractivity contribution is 7.89. The minimum atomic E-state index is -3.43. The van der Waals surface area contributed by atoms with Crippen molar-refractivity contribution < 1.29 is 13.2 Å². The van der Waals surface area contributed by atoms with Gasteiger partial charge in [-0.2, -0.15) is 0 Å². The SMILES string of the molecule is CCOc1ccc(NC(=NCc2ccccc2)NS(C)(=O)=O)cc1. The first-order valence-corrected chi connectivity index (χ1v) is 9.41. The summed E-state index contributed by atoms with van der Waals surface area (Å²) in [6.45, 7) is 2.87. The molecule has 0 heterocycles. The standard InChI is InChI=1S/C17H21N3O3S/c1-3-23-16-11-9-15(10-12-16)19-17(20-24(2,21)22)18-13-14-7-5-4-6-8-14/h4-12H,3,13H2,1-2H3,(H2,18,19,20). The first-order valence-electron chi connectivity index (χ1n) is 7.52. The van der Waals surface area contributed by atoms with Gasteiger partial charge in [-0.1, -0.05) is 30.3 Å². The number of rotatable bonds is 6. The number of hydrogen-bond donors (Lipinski definition) is 2. The second kappa shape index (κ2) is 8.35. The van der Waals surface area contributed by atoms with Crippen LogP contribution >= 0.6 is 0 Å². The van der Waals surface area contributed by atoms with Gasteiger partial charge in [-0.25, -0.2) is 13.4 Å². The number of hydrogen-bond acceptors (Lipinski definition) is 4. The van der Waals surface area contributed by atoms with E-state index in [0.29, 0.717) is 18.8 Å². The van der Waals surface area contributed by atoms with Gasteiger partial charge in [0.1, 0.15) is 5.75 Å². The van der Waals surface area contributed by atoms with Gasteiger partial charge in [0, 0.05) is 5.69 Å². The largest absolute Gasteiger partial charge is 0.494 e. The number of ether oxygens (including phenoxy) is 1. The van der Waals surface area contributed by atoms with Crippen LogP contribution in [0.3, 0.4) is 0 Å². The lowest BCUT2D eigenvalue weighted by Gasteiger charge is -2.12. The van der Waals surface area contributed by atoms with Gasteiger partial charge < -0.3 is 10.1 Å². The molecule has 0 spiro atoms. The summed E-state index contributed by atoms with van der Waals surface area (Å²) in [6, 6.07) is 16.8. The molecule has 7 heteroatoms. The molecule has 0 saturated carbocycles. The van der Waals surface area contributed by atoms with E-state index in [0.717, 1.165) is 17.6 Å². The van der Waals surface area contributed by atoms with Gasteiger partial charge in [0.15, 0.2) is 0 Å². The van der Waals surface area contributed by atoms with Gasteiger partial charge in [0.2, 0.25) is 16.0 Å². The number of nitrogens with one attached hydrogen (secondary N) is 2. The third-order valence-electron chi connectivity index (χ3n) is 2.97. The summed E-state index contributed by atoms with van der Waals surface area (Å²) in [5, 5.41) is 2.98. The van der Waals surface area contributed by atoms with Crippen LogP contribution in [0.4, 0.5) is 5.69 Å². The van der Waals surface area contributed by atoms with Crippen molar-refractivity contribution in [2.75, 3.05) is 18.2 Å².